The first-order chi connectivity index (χ1) is 8.65. The van der Waals surface area contributed by atoms with E-state index in [1.807, 2.05) is 0 Å². The number of aliphatic carboxylic acids is 1. The van der Waals surface area contributed by atoms with E-state index in [9.17, 15) is 9.18 Å². The van der Waals surface area contributed by atoms with E-state index in [1.54, 1.807) is 29.2 Å². The zero-order chi connectivity index (χ0) is 13.0. The van der Waals surface area contributed by atoms with Crippen molar-refractivity contribution in [2.75, 3.05) is 0 Å². The monoisotopic (exact) mass is 246 g/mol. The van der Waals surface area contributed by atoms with Crippen LogP contribution in [0.15, 0.2) is 42.7 Å². The first kappa shape index (κ1) is 12.0. The Balaban J connectivity index is 2.31. The molecule has 0 fully saturated rings. The van der Waals surface area contributed by atoms with Crippen LogP contribution in [0.2, 0.25) is 0 Å². The van der Waals surface area contributed by atoms with Gasteiger partial charge in [0, 0.05) is 18.5 Å². The molecule has 0 aliphatic heterocycles. The average molecular weight is 246 g/mol. The van der Waals surface area contributed by atoms with Crippen LogP contribution in [0, 0.1) is 5.82 Å². The lowest BCUT2D eigenvalue weighted by Crippen LogP contribution is -2.02. The fourth-order valence-corrected chi connectivity index (χ4v) is 1.59. The second-order valence-electron chi connectivity index (χ2n) is 3.72. The van der Waals surface area contributed by atoms with E-state index in [2.05, 4.69) is 5.10 Å². The van der Waals surface area contributed by atoms with Crippen LogP contribution in [0.5, 0.6) is 0 Å². The molecule has 0 saturated carbocycles. The highest BCUT2D eigenvalue weighted by Gasteiger charge is 2.03. The van der Waals surface area contributed by atoms with Crippen molar-refractivity contribution in [3.05, 3.63) is 59.7 Å². The van der Waals surface area contributed by atoms with Crippen LogP contribution in [-0.4, -0.2) is 20.9 Å². The molecule has 1 aromatic heterocycles. The van der Waals surface area contributed by atoms with Crippen LogP contribution >= 0.6 is 0 Å². The van der Waals surface area contributed by atoms with E-state index in [0.29, 0.717) is 12.1 Å². The number of hydrogen-bond acceptors (Lipinski definition) is 2. The summed E-state index contributed by atoms with van der Waals surface area (Å²) in [5.74, 6) is -1.46. The van der Waals surface area contributed by atoms with E-state index in [1.165, 1.54) is 18.2 Å². The van der Waals surface area contributed by atoms with Crippen molar-refractivity contribution in [2.45, 2.75) is 6.54 Å². The number of carbonyl (C=O) groups is 1. The Labute approximate surface area is 103 Å². The Morgan fingerprint density at radius 1 is 1.50 bits per heavy atom. The quantitative estimate of drug-likeness (QED) is 0.841. The molecule has 1 heterocycles. The van der Waals surface area contributed by atoms with Gasteiger partial charge in [0.1, 0.15) is 5.82 Å². The molecule has 0 saturated heterocycles. The number of nitrogens with zero attached hydrogens (tertiary/aromatic N) is 2. The average Bonchev–Trinajstić information content (AvgIpc) is 2.82. The standard InChI is InChI=1S/C13H11FN2O2/c14-12-4-2-11(9-16-7-1-6-15-16)10(8-12)3-5-13(17)18/h1-8H,9H2,(H,17,18)/b5-3+. The van der Waals surface area contributed by atoms with Gasteiger partial charge in [0.15, 0.2) is 0 Å². The van der Waals surface area contributed by atoms with Crippen molar-refractivity contribution < 1.29 is 14.3 Å². The van der Waals surface area contributed by atoms with Crippen molar-refractivity contribution >= 4 is 12.0 Å². The number of aromatic nitrogens is 2. The molecule has 0 bridgehead atoms. The summed E-state index contributed by atoms with van der Waals surface area (Å²) in [5.41, 5.74) is 1.34. The lowest BCUT2D eigenvalue weighted by Gasteiger charge is -2.06. The topological polar surface area (TPSA) is 55.1 Å². The van der Waals surface area contributed by atoms with E-state index in [4.69, 9.17) is 5.11 Å². The zero-order valence-electron chi connectivity index (χ0n) is 9.45. The number of hydrogen-bond donors (Lipinski definition) is 1. The third-order valence-electron chi connectivity index (χ3n) is 2.40. The van der Waals surface area contributed by atoms with Gasteiger partial charge >= 0.3 is 5.97 Å². The van der Waals surface area contributed by atoms with E-state index >= 15 is 0 Å². The molecule has 2 aromatic rings. The Hall–Kier alpha value is -2.43. The SMILES string of the molecule is O=C(O)/C=C/c1cc(F)ccc1Cn1cccn1. The normalized spacial score (nSPS) is 10.9. The summed E-state index contributed by atoms with van der Waals surface area (Å²) in [6.45, 7) is 0.465. The maximum atomic E-state index is 13.1. The van der Waals surface area contributed by atoms with Crippen molar-refractivity contribution in [3.63, 3.8) is 0 Å². The summed E-state index contributed by atoms with van der Waals surface area (Å²) in [5, 5.41) is 12.6. The second kappa shape index (κ2) is 5.27. The Kier molecular flexibility index (Phi) is 3.52. The fourth-order valence-electron chi connectivity index (χ4n) is 1.59. The molecule has 0 radical (unpaired) electrons. The van der Waals surface area contributed by atoms with Crippen LogP contribution in [0.3, 0.4) is 0 Å². The molecule has 0 aliphatic rings. The van der Waals surface area contributed by atoms with Gasteiger partial charge in [0.2, 0.25) is 0 Å². The van der Waals surface area contributed by atoms with Crippen LogP contribution in [-0.2, 0) is 11.3 Å². The highest BCUT2D eigenvalue weighted by Crippen LogP contribution is 2.14. The first-order valence-electron chi connectivity index (χ1n) is 5.32. The Bertz CT molecular complexity index is 577. The van der Waals surface area contributed by atoms with Crippen molar-refractivity contribution in [1.29, 1.82) is 0 Å². The number of carboxylic acid groups (broad SMARTS) is 1. The maximum Gasteiger partial charge on any atom is 0.328 e. The molecule has 0 spiro atoms. The van der Waals surface area contributed by atoms with Crippen molar-refractivity contribution in [2.24, 2.45) is 0 Å². The highest BCUT2D eigenvalue weighted by molar-refractivity contribution is 5.85. The maximum absolute atomic E-state index is 13.1. The summed E-state index contributed by atoms with van der Waals surface area (Å²) in [7, 11) is 0. The van der Waals surface area contributed by atoms with E-state index in [-0.39, 0.29) is 0 Å². The summed E-state index contributed by atoms with van der Waals surface area (Å²) in [4.78, 5) is 10.5. The van der Waals surface area contributed by atoms with Crippen LogP contribution in [0.25, 0.3) is 6.08 Å². The first-order valence-corrected chi connectivity index (χ1v) is 5.32. The van der Waals surface area contributed by atoms with Crippen LogP contribution in [0.1, 0.15) is 11.1 Å². The van der Waals surface area contributed by atoms with Crippen LogP contribution in [0.4, 0.5) is 4.39 Å². The Morgan fingerprint density at radius 2 is 2.33 bits per heavy atom. The fraction of sp³-hybridized carbons (Fsp3) is 0.0769. The van der Waals surface area contributed by atoms with Crippen LogP contribution < -0.4 is 0 Å². The lowest BCUT2D eigenvalue weighted by molar-refractivity contribution is -0.131. The number of halogens is 1. The molecule has 0 amide bonds. The van der Waals surface area contributed by atoms with Gasteiger partial charge in [-0.2, -0.15) is 5.10 Å². The molecular formula is C13H11FN2O2. The molecule has 0 atom stereocenters. The molecule has 1 N–H and O–H groups in total. The predicted octanol–water partition coefficient (Wildman–Crippen LogP) is 2.17. The molecule has 92 valence electrons. The predicted molar refractivity (Wildman–Crippen MR) is 64.4 cm³/mol. The molecular weight excluding hydrogens is 235 g/mol. The van der Waals surface area contributed by atoms with Gasteiger partial charge < -0.3 is 5.11 Å². The zero-order valence-corrected chi connectivity index (χ0v) is 9.45. The van der Waals surface area contributed by atoms with E-state index < -0.39 is 11.8 Å². The lowest BCUT2D eigenvalue weighted by atomic mass is 10.1. The van der Waals surface area contributed by atoms with Gasteiger partial charge in [0.25, 0.3) is 0 Å². The highest BCUT2D eigenvalue weighted by atomic mass is 19.1. The molecule has 2 rings (SSSR count). The molecule has 1 aromatic carbocycles. The second-order valence-corrected chi connectivity index (χ2v) is 3.72. The summed E-state index contributed by atoms with van der Waals surface area (Å²) in [6.07, 6.45) is 5.80. The van der Waals surface area contributed by atoms with Crippen molar-refractivity contribution in [1.82, 2.24) is 9.78 Å². The van der Waals surface area contributed by atoms with Gasteiger partial charge in [-0.25, -0.2) is 9.18 Å². The molecule has 4 nitrogen and oxygen atoms in total. The number of carboxylic acids is 1. The molecule has 0 unspecified atom stereocenters. The minimum atomic E-state index is -1.07. The number of benzene rings is 1. The summed E-state index contributed by atoms with van der Waals surface area (Å²) >= 11 is 0. The summed E-state index contributed by atoms with van der Waals surface area (Å²) < 4.78 is 14.8. The molecule has 5 heteroatoms. The molecule has 0 aliphatic carbocycles. The van der Waals surface area contributed by atoms with Gasteiger partial charge in [-0.1, -0.05) is 6.07 Å². The largest absolute Gasteiger partial charge is 0.478 e. The minimum absolute atomic E-state index is 0.399. The smallest absolute Gasteiger partial charge is 0.328 e. The van der Waals surface area contributed by atoms with E-state index in [0.717, 1.165) is 11.6 Å². The van der Waals surface area contributed by atoms with Gasteiger partial charge in [-0.15, -0.1) is 0 Å². The van der Waals surface area contributed by atoms with Crippen molar-refractivity contribution in [3.8, 4) is 0 Å². The Morgan fingerprint density at radius 3 is 3.00 bits per heavy atom. The van der Waals surface area contributed by atoms with Gasteiger partial charge in [-0.3, -0.25) is 4.68 Å². The number of rotatable bonds is 4. The van der Waals surface area contributed by atoms with Gasteiger partial charge in [-0.05, 0) is 35.4 Å². The third-order valence-corrected chi connectivity index (χ3v) is 2.40. The third kappa shape index (κ3) is 3.04. The summed E-state index contributed by atoms with van der Waals surface area (Å²) in [6, 6.07) is 6.06. The molecule has 18 heavy (non-hydrogen) atoms. The van der Waals surface area contributed by atoms with Gasteiger partial charge in [0.05, 0.1) is 6.54 Å². The minimum Gasteiger partial charge on any atom is -0.478 e.